The molecule has 0 amide bonds. The van der Waals surface area contributed by atoms with Crippen molar-refractivity contribution < 1.29 is 4.74 Å². The van der Waals surface area contributed by atoms with E-state index < -0.39 is 0 Å². The molecule has 1 aromatic rings. The third-order valence-electron chi connectivity index (χ3n) is 2.02. The van der Waals surface area contributed by atoms with Crippen LogP contribution in [0.15, 0.2) is 12.1 Å². The molecule has 0 unspecified atom stereocenters. The summed E-state index contributed by atoms with van der Waals surface area (Å²) in [5, 5.41) is 3.96. The Kier molecular flexibility index (Phi) is 5.56. The van der Waals surface area contributed by atoms with Crippen molar-refractivity contribution in [3.63, 3.8) is 0 Å². The Morgan fingerprint density at radius 2 is 2.19 bits per heavy atom. The topological polar surface area (TPSA) is 34.1 Å². The number of aromatic nitrogens is 1. The maximum Gasteiger partial charge on any atom is 0.213 e. The van der Waals surface area contributed by atoms with Gasteiger partial charge in [0.05, 0.1) is 17.3 Å². The van der Waals surface area contributed by atoms with E-state index in [0.29, 0.717) is 30.1 Å². The number of rotatable bonds is 6. The van der Waals surface area contributed by atoms with Gasteiger partial charge in [-0.2, -0.15) is 0 Å². The van der Waals surface area contributed by atoms with E-state index in [-0.39, 0.29) is 0 Å². The van der Waals surface area contributed by atoms with Crippen LogP contribution in [0, 0.1) is 0 Å². The van der Waals surface area contributed by atoms with Gasteiger partial charge < -0.3 is 10.1 Å². The van der Waals surface area contributed by atoms with Gasteiger partial charge in [0.2, 0.25) is 5.88 Å². The quantitative estimate of drug-likeness (QED) is 0.833. The van der Waals surface area contributed by atoms with Gasteiger partial charge in [-0.25, -0.2) is 4.98 Å². The highest BCUT2D eigenvalue weighted by molar-refractivity contribution is 6.31. The number of hydrogen-bond acceptors (Lipinski definition) is 3. The summed E-state index contributed by atoms with van der Waals surface area (Å²) >= 11 is 6.06. The van der Waals surface area contributed by atoms with Crippen LogP contribution >= 0.6 is 11.6 Å². The average molecular weight is 243 g/mol. The van der Waals surface area contributed by atoms with Crippen molar-refractivity contribution in [2.24, 2.45) is 0 Å². The van der Waals surface area contributed by atoms with Crippen LogP contribution in [0.25, 0.3) is 0 Å². The predicted octanol–water partition coefficient (Wildman–Crippen LogP) is 3.02. The Bertz CT molecular complexity index is 329. The van der Waals surface area contributed by atoms with E-state index in [4.69, 9.17) is 16.3 Å². The number of pyridine rings is 1. The van der Waals surface area contributed by atoms with Gasteiger partial charge in [0, 0.05) is 18.7 Å². The lowest BCUT2D eigenvalue weighted by atomic mass is 10.3. The highest BCUT2D eigenvalue weighted by Gasteiger charge is 2.05. The molecule has 0 saturated carbocycles. The zero-order valence-corrected chi connectivity index (χ0v) is 10.8. The van der Waals surface area contributed by atoms with Gasteiger partial charge in [0.1, 0.15) is 0 Å². The number of nitrogens with one attached hydrogen (secondary N) is 1. The van der Waals surface area contributed by atoms with Crippen LogP contribution in [-0.4, -0.2) is 17.6 Å². The fraction of sp³-hybridized carbons (Fsp3) is 0.583. The second kappa shape index (κ2) is 6.71. The molecule has 0 fully saturated rings. The van der Waals surface area contributed by atoms with E-state index in [1.807, 2.05) is 6.07 Å². The van der Waals surface area contributed by atoms with Crippen LogP contribution < -0.4 is 10.1 Å². The van der Waals surface area contributed by atoms with Crippen LogP contribution in [0.4, 0.5) is 0 Å². The van der Waals surface area contributed by atoms with Gasteiger partial charge >= 0.3 is 0 Å². The SMILES string of the molecule is CCCOc1ccc(Cl)c(CNC(C)C)n1. The van der Waals surface area contributed by atoms with Crippen molar-refractivity contribution >= 4 is 11.6 Å². The Morgan fingerprint density at radius 3 is 2.81 bits per heavy atom. The lowest BCUT2D eigenvalue weighted by Gasteiger charge is -2.10. The first kappa shape index (κ1) is 13.3. The van der Waals surface area contributed by atoms with Crippen LogP contribution in [0.3, 0.4) is 0 Å². The highest BCUT2D eigenvalue weighted by Crippen LogP contribution is 2.18. The minimum atomic E-state index is 0.415. The zero-order valence-electron chi connectivity index (χ0n) is 10.1. The molecule has 0 bridgehead atoms. The molecule has 1 rings (SSSR count). The molecule has 0 atom stereocenters. The van der Waals surface area contributed by atoms with Crippen molar-refractivity contribution in [2.45, 2.75) is 39.8 Å². The number of nitrogens with zero attached hydrogens (tertiary/aromatic N) is 1. The molecule has 0 aliphatic heterocycles. The van der Waals surface area contributed by atoms with Crippen molar-refractivity contribution in [2.75, 3.05) is 6.61 Å². The van der Waals surface area contributed by atoms with E-state index >= 15 is 0 Å². The summed E-state index contributed by atoms with van der Waals surface area (Å²) in [6, 6.07) is 4.05. The first-order valence-corrected chi connectivity index (χ1v) is 6.03. The van der Waals surface area contributed by atoms with Crippen molar-refractivity contribution in [3.8, 4) is 5.88 Å². The largest absolute Gasteiger partial charge is 0.478 e. The van der Waals surface area contributed by atoms with Crippen molar-refractivity contribution in [1.82, 2.24) is 10.3 Å². The summed E-state index contributed by atoms with van der Waals surface area (Å²) in [5.74, 6) is 0.645. The van der Waals surface area contributed by atoms with E-state index in [2.05, 4.69) is 31.1 Å². The van der Waals surface area contributed by atoms with Gasteiger partial charge in [0.25, 0.3) is 0 Å². The third kappa shape index (κ3) is 4.37. The Labute approximate surface area is 102 Å². The normalized spacial score (nSPS) is 10.8. The lowest BCUT2D eigenvalue weighted by molar-refractivity contribution is 0.304. The molecule has 16 heavy (non-hydrogen) atoms. The minimum absolute atomic E-state index is 0.415. The smallest absolute Gasteiger partial charge is 0.213 e. The molecule has 1 N–H and O–H groups in total. The van der Waals surface area contributed by atoms with Crippen LogP contribution in [0.2, 0.25) is 5.02 Å². The molecule has 1 aromatic heterocycles. The molecular weight excluding hydrogens is 224 g/mol. The van der Waals surface area contributed by atoms with Gasteiger partial charge in [-0.3, -0.25) is 0 Å². The second-order valence-corrected chi connectivity index (χ2v) is 4.37. The summed E-state index contributed by atoms with van der Waals surface area (Å²) in [6.45, 7) is 7.60. The van der Waals surface area contributed by atoms with E-state index in [0.717, 1.165) is 12.1 Å². The first-order chi connectivity index (χ1) is 7.63. The monoisotopic (exact) mass is 242 g/mol. The van der Waals surface area contributed by atoms with Gasteiger partial charge in [-0.05, 0) is 12.5 Å². The molecule has 3 nitrogen and oxygen atoms in total. The Morgan fingerprint density at radius 1 is 1.44 bits per heavy atom. The van der Waals surface area contributed by atoms with E-state index in [1.54, 1.807) is 6.07 Å². The summed E-state index contributed by atoms with van der Waals surface area (Å²) in [7, 11) is 0. The van der Waals surface area contributed by atoms with Crippen LogP contribution in [0.5, 0.6) is 5.88 Å². The summed E-state index contributed by atoms with van der Waals surface area (Å²) in [5.41, 5.74) is 0.837. The van der Waals surface area contributed by atoms with Gasteiger partial charge in [-0.15, -0.1) is 0 Å². The second-order valence-electron chi connectivity index (χ2n) is 3.96. The molecule has 0 saturated heterocycles. The highest BCUT2D eigenvalue weighted by atomic mass is 35.5. The minimum Gasteiger partial charge on any atom is -0.478 e. The third-order valence-corrected chi connectivity index (χ3v) is 2.37. The predicted molar refractivity (Wildman–Crippen MR) is 67.0 cm³/mol. The maximum atomic E-state index is 6.06. The van der Waals surface area contributed by atoms with Crippen LogP contribution in [-0.2, 0) is 6.54 Å². The van der Waals surface area contributed by atoms with E-state index in [9.17, 15) is 0 Å². The lowest BCUT2D eigenvalue weighted by Crippen LogP contribution is -2.22. The van der Waals surface area contributed by atoms with Crippen molar-refractivity contribution in [1.29, 1.82) is 0 Å². The average Bonchev–Trinajstić information content (AvgIpc) is 2.26. The molecule has 0 aromatic carbocycles. The molecule has 0 aliphatic rings. The molecule has 0 aliphatic carbocycles. The van der Waals surface area contributed by atoms with Crippen LogP contribution in [0.1, 0.15) is 32.9 Å². The van der Waals surface area contributed by atoms with Crippen molar-refractivity contribution in [3.05, 3.63) is 22.8 Å². The molecule has 0 radical (unpaired) electrons. The van der Waals surface area contributed by atoms with E-state index in [1.165, 1.54) is 0 Å². The molecule has 4 heteroatoms. The Balaban J connectivity index is 2.66. The summed E-state index contributed by atoms with van der Waals surface area (Å²) in [6.07, 6.45) is 0.976. The Hall–Kier alpha value is -0.800. The van der Waals surface area contributed by atoms with Gasteiger partial charge in [0.15, 0.2) is 0 Å². The zero-order chi connectivity index (χ0) is 12.0. The van der Waals surface area contributed by atoms with Gasteiger partial charge in [-0.1, -0.05) is 32.4 Å². The summed E-state index contributed by atoms with van der Waals surface area (Å²) < 4.78 is 5.46. The molecule has 90 valence electrons. The molecule has 1 heterocycles. The maximum absolute atomic E-state index is 6.06. The molecular formula is C12H19ClN2O. The fourth-order valence-corrected chi connectivity index (χ4v) is 1.35. The number of ether oxygens (including phenoxy) is 1. The molecule has 0 spiro atoms. The first-order valence-electron chi connectivity index (χ1n) is 5.65. The summed E-state index contributed by atoms with van der Waals surface area (Å²) in [4.78, 5) is 4.37. The number of halogens is 1. The standard InChI is InChI=1S/C12H19ClN2O/c1-4-7-16-12-6-5-10(13)11(15-12)8-14-9(2)3/h5-6,9,14H,4,7-8H2,1-3H3. The fourth-order valence-electron chi connectivity index (χ4n) is 1.18. The number of hydrogen-bond donors (Lipinski definition) is 1.